The highest BCUT2D eigenvalue weighted by atomic mass is 127. The molecule has 0 bridgehead atoms. The molecular formula is C17H33F3IN5. The summed E-state index contributed by atoms with van der Waals surface area (Å²) in [5, 5.41) is 6.65. The minimum absolute atomic E-state index is 0. The fourth-order valence-electron chi connectivity index (χ4n) is 3.80. The van der Waals surface area contributed by atoms with Crippen LogP contribution in [0, 0.1) is 5.92 Å². The number of nitrogens with zero attached hydrogens (tertiary/aromatic N) is 3. The first kappa shape index (κ1) is 23.7. The molecule has 5 nitrogen and oxygen atoms in total. The van der Waals surface area contributed by atoms with Crippen LogP contribution in [0.15, 0.2) is 4.99 Å². The lowest BCUT2D eigenvalue weighted by Gasteiger charge is -2.31. The second-order valence-electron chi connectivity index (χ2n) is 7.49. The van der Waals surface area contributed by atoms with Crippen molar-refractivity contribution in [2.45, 2.75) is 51.4 Å². The molecule has 2 atom stereocenters. The Morgan fingerprint density at radius 2 is 1.85 bits per heavy atom. The monoisotopic (exact) mass is 491 g/mol. The molecule has 0 amide bonds. The van der Waals surface area contributed by atoms with E-state index in [2.05, 4.69) is 34.4 Å². The van der Waals surface area contributed by atoms with Gasteiger partial charge < -0.3 is 10.6 Å². The van der Waals surface area contributed by atoms with Gasteiger partial charge in [-0.2, -0.15) is 13.2 Å². The molecule has 0 saturated carbocycles. The van der Waals surface area contributed by atoms with Gasteiger partial charge in [0.05, 0.1) is 6.54 Å². The number of nitrogens with one attached hydrogen (secondary N) is 2. The number of likely N-dealkylation sites (tertiary alicyclic amines) is 2. The van der Waals surface area contributed by atoms with Crippen molar-refractivity contribution in [1.29, 1.82) is 0 Å². The zero-order valence-electron chi connectivity index (χ0n) is 16.0. The molecule has 26 heavy (non-hydrogen) atoms. The number of alkyl halides is 3. The van der Waals surface area contributed by atoms with Gasteiger partial charge in [-0.05, 0) is 38.3 Å². The van der Waals surface area contributed by atoms with E-state index in [1.165, 1.54) is 17.7 Å². The summed E-state index contributed by atoms with van der Waals surface area (Å²) in [4.78, 5) is 8.21. The summed E-state index contributed by atoms with van der Waals surface area (Å²) in [6.45, 7) is 7.59. The Morgan fingerprint density at radius 1 is 1.19 bits per heavy atom. The molecule has 0 radical (unpaired) electrons. The third kappa shape index (κ3) is 7.75. The standard InChI is InChI=1S/C17H32F3N5.HI/c1-13(2)15(25-7-4-5-8-25)10-22-16(21-3)23-14-6-9-24(11-14)12-17(18,19)20;/h13-15H,4-12H2,1-3H3,(H2,21,22,23);1H. The Bertz CT molecular complexity index is 439. The molecule has 2 unspecified atom stereocenters. The van der Waals surface area contributed by atoms with E-state index in [0.29, 0.717) is 37.4 Å². The van der Waals surface area contributed by atoms with Crippen LogP contribution in [0.4, 0.5) is 13.2 Å². The number of hydrogen-bond acceptors (Lipinski definition) is 3. The van der Waals surface area contributed by atoms with Gasteiger partial charge in [-0.15, -0.1) is 24.0 Å². The summed E-state index contributed by atoms with van der Waals surface area (Å²) in [6.07, 6.45) is -0.911. The highest BCUT2D eigenvalue weighted by Gasteiger charge is 2.34. The molecule has 2 aliphatic rings. The minimum atomic E-state index is -4.13. The molecule has 0 aliphatic carbocycles. The van der Waals surface area contributed by atoms with Crippen molar-refractivity contribution in [2.24, 2.45) is 10.9 Å². The Hall–Kier alpha value is -0.290. The van der Waals surface area contributed by atoms with E-state index < -0.39 is 12.7 Å². The summed E-state index contributed by atoms with van der Waals surface area (Å²) in [7, 11) is 1.71. The molecule has 0 aromatic carbocycles. The molecule has 2 N–H and O–H groups in total. The van der Waals surface area contributed by atoms with Crippen molar-refractivity contribution in [2.75, 3.05) is 46.3 Å². The molecule has 2 fully saturated rings. The van der Waals surface area contributed by atoms with Gasteiger partial charge in [-0.3, -0.25) is 14.8 Å². The summed E-state index contributed by atoms with van der Waals surface area (Å²) in [5.41, 5.74) is 0. The van der Waals surface area contributed by atoms with Crippen LogP contribution in [0.3, 0.4) is 0 Å². The predicted molar refractivity (Wildman–Crippen MR) is 110 cm³/mol. The summed E-state index contributed by atoms with van der Waals surface area (Å²) in [6, 6.07) is 0.462. The van der Waals surface area contributed by atoms with E-state index in [9.17, 15) is 13.2 Å². The highest BCUT2D eigenvalue weighted by molar-refractivity contribution is 14.0. The van der Waals surface area contributed by atoms with Crippen LogP contribution in [-0.2, 0) is 0 Å². The van der Waals surface area contributed by atoms with E-state index in [-0.39, 0.29) is 30.0 Å². The molecule has 2 aliphatic heterocycles. The van der Waals surface area contributed by atoms with Gasteiger partial charge in [0.2, 0.25) is 0 Å². The third-order valence-electron chi connectivity index (χ3n) is 5.10. The molecule has 9 heteroatoms. The topological polar surface area (TPSA) is 42.9 Å². The first-order valence-corrected chi connectivity index (χ1v) is 9.29. The summed E-state index contributed by atoms with van der Waals surface area (Å²) in [5.74, 6) is 1.22. The van der Waals surface area contributed by atoms with Gasteiger partial charge >= 0.3 is 6.18 Å². The largest absolute Gasteiger partial charge is 0.401 e. The van der Waals surface area contributed by atoms with E-state index >= 15 is 0 Å². The Kier molecular flexibility index (Phi) is 9.95. The number of hydrogen-bond donors (Lipinski definition) is 2. The fourth-order valence-corrected chi connectivity index (χ4v) is 3.80. The van der Waals surface area contributed by atoms with Gasteiger partial charge in [0.1, 0.15) is 0 Å². The van der Waals surface area contributed by atoms with Crippen molar-refractivity contribution in [3.63, 3.8) is 0 Å². The molecular weight excluding hydrogens is 458 g/mol. The third-order valence-corrected chi connectivity index (χ3v) is 5.10. The minimum Gasteiger partial charge on any atom is -0.355 e. The van der Waals surface area contributed by atoms with Crippen LogP contribution in [0.1, 0.15) is 33.1 Å². The van der Waals surface area contributed by atoms with E-state index in [1.54, 1.807) is 7.05 Å². The van der Waals surface area contributed by atoms with Gasteiger partial charge in [-0.25, -0.2) is 0 Å². The molecule has 2 saturated heterocycles. The number of aliphatic imine (C=N–C) groups is 1. The number of guanidine groups is 1. The van der Waals surface area contributed by atoms with Gasteiger partial charge in [-0.1, -0.05) is 13.8 Å². The van der Waals surface area contributed by atoms with Gasteiger partial charge in [0.15, 0.2) is 5.96 Å². The smallest absolute Gasteiger partial charge is 0.355 e. The van der Waals surface area contributed by atoms with Crippen LogP contribution in [-0.4, -0.2) is 80.3 Å². The lowest BCUT2D eigenvalue weighted by atomic mass is 10.0. The zero-order valence-corrected chi connectivity index (χ0v) is 18.3. The van der Waals surface area contributed by atoms with Crippen LogP contribution in [0.5, 0.6) is 0 Å². The van der Waals surface area contributed by atoms with Gasteiger partial charge in [0, 0.05) is 38.8 Å². The van der Waals surface area contributed by atoms with Crippen LogP contribution >= 0.6 is 24.0 Å². The lowest BCUT2D eigenvalue weighted by Crippen LogP contribution is -2.51. The van der Waals surface area contributed by atoms with Crippen molar-refractivity contribution in [1.82, 2.24) is 20.4 Å². The average Bonchev–Trinajstić information content (AvgIpc) is 3.16. The second kappa shape index (κ2) is 10.9. The number of rotatable bonds is 6. The maximum absolute atomic E-state index is 12.5. The summed E-state index contributed by atoms with van der Waals surface area (Å²) < 4.78 is 37.5. The molecule has 0 spiro atoms. The average molecular weight is 491 g/mol. The predicted octanol–water partition coefficient (Wildman–Crippen LogP) is 2.53. The maximum atomic E-state index is 12.5. The van der Waals surface area contributed by atoms with Crippen LogP contribution in [0.2, 0.25) is 0 Å². The first-order chi connectivity index (χ1) is 11.8. The quantitative estimate of drug-likeness (QED) is 0.341. The zero-order chi connectivity index (χ0) is 18.4. The molecule has 2 heterocycles. The van der Waals surface area contributed by atoms with Crippen LogP contribution < -0.4 is 10.6 Å². The number of halogens is 4. The Balaban J connectivity index is 0.00000338. The van der Waals surface area contributed by atoms with Crippen molar-refractivity contribution >= 4 is 29.9 Å². The van der Waals surface area contributed by atoms with Crippen molar-refractivity contribution in [3.05, 3.63) is 0 Å². The Labute approximate surface area is 172 Å². The summed E-state index contributed by atoms with van der Waals surface area (Å²) >= 11 is 0. The van der Waals surface area contributed by atoms with E-state index in [0.717, 1.165) is 19.6 Å². The second-order valence-corrected chi connectivity index (χ2v) is 7.49. The molecule has 0 aromatic rings. The fraction of sp³-hybridized carbons (Fsp3) is 0.941. The SMILES string of the molecule is CN=C(NCC(C(C)C)N1CCCC1)NC1CCN(CC(F)(F)F)C1.I. The van der Waals surface area contributed by atoms with Crippen molar-refractivity contribution in [3.8, 4) is 0 Å². The molecule has 0 aromatic heterocycles. The maximum Gasteiger partial charge on any atom is 0.401 e. The normalized spacial score (nSPS) is 24.0. The van der Waals surface area contributed by atoms with E-state index in [4.69, 9.17) is 0 Å². The first-order valence-electron chi connectivity index (χ1n) is 9.29. The molecule has 154 valence electrons. The van der Waals surface area contributed by atoms with E-state index in [1.807, 2.05) is 0 Å². The Morgan fingerprint density at radius 3 is 2.38 bits per heavy atom. The molecule has 2 rings (SSSR count). The highest BCUT2D eigenvalue weighted by Crippen LogP contribution is 2.20. The lowest BCUT2D eigenvalue weighted by molar-refractivity contribution is -0.143. The van der Waals surface area contributed by atoms with Crippen molar-refractivity contribution < 1.29 is 13.2 Å². The van der Waals surface area contributed by atoms with Gasteiger partial charge in [0.25, 0.3) is 0 Å². The van der Waals surface area contributed by atoms with Crippen LogP contribution in [0.25, 0.3) is 0 Å².